The van der Waals surface area contributed by atoms with E-state index in [0.717, 1.165) is 5.56 Å². The third-order valence-electron chi connectivity index (χ3n) is 2.69. The number of aromatic amines is 1. The molecule has 0 aliphatic heterocycles. The van der Waals surface area contributed by atoms with Crippen LogP contribution in [0.25, 0.3) is 0 Å². The minimum absolute atomic E-state index is 0.0200. The second-order valence-electron chi connectivity index (χ2n) is 4.36. The quantitative estimate of drug-likeness (QED) is 0.531. The van der Waals surface area contributed by atoms with Crippen LogP contribution in [0.15, 0.2) is 36.7 Å². The number of imidazole rings is 1. The topological polar surface area (TPSA) is 127 Å². The standard InChI is InChI=1S/C14H14N4O4/c15-13(21)12-14(17-8-16-12)18-10(19)6-11(20)22-7-9-4-2-1-3-5-9/h1-5,8H,6-7H2,(H2,15,21)(H,16,17)(H,18,19). The predicted molar refractivity (Wildman–Crippen MR) is 76.6 cm³/mol. The van der Waals surface area contributed by atoms with Crippen LogP contribution in [-0.2, 0) is 20.9 Å². The molecule has 0 aliphatic rings. The molecule has 0 bridgehead atoms. The van der Waals surface area contributed by atoms with E-state index in [-0.39, 0.29) is 18.1 Å². The van der Waals surface area contributed by atoms with Crippen LogP contribution in [0.1, 0.15) is 22.5 Å². The Labute approximate surface area is 125 Å². The number of rotatable bonds is 6. The summed E-state index contributed by atoms with van der Waals surface area (Å²) in [4.78, 5) is 40.5. The van der Waals surface area contributed by atoms with Gasteiger partial charge in [0.25, 0.3) is 5.91 Å². The molecule has 2 aromatic rings. The van der Waals surface area contributed by atoms with Gasteiger partial charge in [-0.3, -0.25) is 14.4 Å². The van der Waals surface area contributed by atoms with Gasteiger partial charge >= 0.3 is 5.97 Å². The zero-order valence-corrected chi connectivity index (χ0v) is 11.5. The number of benzene rings is 1. The van der Waals surface area contributed by atoms with Gasteiger partial charge in [0.1, 0.15) is 18.7 Å². The number of amides is 2. The zero-order valence-electron chi connectivity index (χ0n) is 11.5. The highest BCUT2D eigenvalue weighted by Gasteiger charge is 2.16. The van der Waals surface area contributed by atoms with Gasteiger partial charge in [-0.1, -0.05) is 30.3 Å². The SMILES string of the molecule is NC(=O)c1[nH]cnc1NC(=O)CC(=O)OCc1ccccc1. The summed E-state index contributed by atoms with van der Waals surface area (Å²) in [5, 5.41) is 2.32. The molecule has 0 radical (unpaired) electrons. The van der Waals surface area contributed by atoms with Crippen LogP contribution in [0.2, 0.25) is 0 Å². The Morgan fingerprint density at radius 2 is 1.95 bits per heavy atom. The maximum absolute atomic E-state index is 11.7. The van der Waals surface area contributed by atoms with Crippen molar-refractivity contribution in [1.82, 2.24) is 9.97 Å². The molecule has 8 nitrogen and oxygen atoms in total. The summed E-state index contributed by atoms with van der Waals surface area (Å²) < 4.78 is 4.98. The molecule has 1 aromatic heterocycles. The van der Waals surface area contributed by atoms with E-state index in [0.29, 0.717) is 0 Å². The van der Waals surface area contributed by atoms with Crippen molar-refractivity contribution in [3.05, 3.63) is 47.9 Å². The highest BCUT2D eigenvalue weighted by Crippen LogP contribution is 2.09. The van der Waals surface area contributed by atoms with Gasteiger partial charge in [-0.15, -0.1) is 0 Å². The molecular formula is C14H14N4O4. The van der Waals surface area contributed by atoms with Crippen LogP contribution >= 0.6 is 0 Å². The number of nitrogens with zero attached hydrogens (tertiary/aromatic N) is 1. The first-order valence-electron chi connectivity index (χ1n) is 6.39. The molecular weight excluding hydrogens is 288 g/mol. The van der Waals surface area contributed by atoms with Crippen molar-refractivity contribution in [2.45, 2.75) is 13.0 Å². The lowest BCUT2D eigenvalue weighted by Gasteiger charge is -2.05. The molecule has 2 rings (SSSR count). The Morgan fingerprint density at radius 3 is 2.64 bits per heavy atom. The van der Waals surface area contributed by atoms with E-state index in [2.05, 4.69) is 15.3 Å². The normalized spacial score (nSPS) is 10.0. The Kier molecular flexibility index (Phi) is 4.86. The van der Waals surface area contributed by atoms with Crippen molar-refractivity contribution >= 4 is 23.6 Å². The smallest absolute Gasteiger partial charge is 0.315 e. The number of nitrogens with two attached hydrogens (primary N) is 1. The Balaban J connectivity index is 1.82. The van der Waals surface area contributed by atoms with E-state index in [4.69, 9.17) is 10.5 Å². The maximum Gasteiger partial charge on any atom is 0.315 e. The molecule has 0 aliphatic carbocycles. The monoisotopic (exact) mass is 302 g/mol. The third-order valence-corrected chi connectivity index (χ3v) is 2.69. The summed E-state index contributed by atoms with van der Waals surface area (Å²) in [6, 6.07) is 9.09. The summed E-state index contributed by atoms with van der Waals surface area (Å²) in [7, 11) is 0. The minimum atomic E-state index is -0.764. The molecule has 1 heterocycles. The number of carbonyl (C=O) groups is 3. The summed E-state index contributed by atoms with van der Waals surface area (Å²) in [5.74, 6) is -2.11. The number of nitrogens with one attached hydrogen (secondary N) is 2. The molecule has 0 saturated heterocycles. The van der Waals surface area contributed by atoms with Crippen LogP contribution in [-0.4, -0.2) is 27.8 Å². The summed E-state index contributed by atoms with van der Waals surface area (Å²) in [5.41, 5.74) is 5.88. The Hall–Kier alpha value is -3.16. The summed E-state index contributed by atoms with van der Waals surface area (Å²) >= 11 is 0. The fourth-order valence-electron chi connectivity index (χ4n) is 1.67. The molecule has 0 fully saturated rings. The van der Waals surface area contributed by atoms with E-state index >= 15 is 0 Å². The lowest BCUT2D eigenvalue weighted by Crippen LogP contribution is -2.21. The summed E-state index contributed by atoms with van der Waals surface area (Å²) in [6.07, 6.45) is 0.724. The second-order valence-corrected chi connectivity index (χ2v) is 4.36. The van der Waals surface area contributed by atoms with Crippen molar-refractivity contribution in [2.24, 2.45) is 5.73 Å². The van der Waals surface area contributed by atoms with Crippen molar-refractivity contribution < 1.29 is 19.1 Å². The van der Waals surface area contributed by atoms with Gasteiger partial charge in [0.05, 0.1) is 6.33 Å². The first-order valence-corrected chi connectivity index (χ1v) is 6.39. The van der Waals surface area contributed by atoms with Crippen molar-refractivity contribution in [3.63, 3.8) is 0 Å². The van der Waals surface area contributed by atoms with E-state index in [1.807, 2.05) is 18.2 Å². The van der Waals surface area contributed by atoms with Gasteiger partial charge in [0.15, 0.2) is 5.82 Å². The molecule has 0 spiro atoms. The molecule has 0 unspecified atom stereocenters. The molecule has 1 aromatic carbocycles. The number of hydrogen-bond acceptors (Lipinski definition) is 5. The average molecular weight is 302 g/mol. The van der Waals surface area contributed by atoms with Gasteiger partial charge < -0.3 is 20.8 Å². The number of aromatic nitrogens is 2. The number of ether oxygens (including phenoxy) is 1. The zero-order chi connectivity index (χ0) is 15.9. The number of primary amides is 1. The van der Waals surface area contributed by atoms with E-state index < -0.39 is 24.2 Å². The molecule has 22 heavy (non-hydrogen) atoms. The van der Waals surface area contributed by atoms with Crippen LogP contribution in [0, 0.1) is 0 Å². The minimum Gasteiger partial charge on any atom is -0.460 e. The van der Waals surface area contributed by atoms with Crippen molar-refractivity contribution in [2.75, 3.05) is 5.32 Å². The maximum atomic E-state index is 11.7. The summed E-state index contributed by atoms with van der Waals surface area (Å²) in [6.45, 7) is 0.0852. The molecule has 0 atom stereocenters. The molecule has 8 heteroatoms. The third kappa shape index (κ3) is 4.17. The van der Waals surface area contributed by atoms with Crippen LogP contribution in [0.4, 0.5) is 5.82 Å². The molecule has 2 amide bonds. The van der Waals surface area contributed by atoms with Crippen molar-refractivity contribution in [3.8, 4) is 0 Å². The highest BCUT2D eigenvalue weighted by atomic mass is 16.5. The molecule has 114 valence electrons. The van der Waals surface area contributed by atoms with Crippen molar-refractivity contribution in [1.29, 1.82) is 0 Å². The van der Waals surface area contributed by atoms with E-state index in [9.17, 15) is 14.4 Å². The van der Waals surface area contributed by atoms with Gasteiger partial charge in [-0.25, -0.2) is 4.98 Å². The van der Waals surface area contributed by atoms with Gasteiger partial charge in [0.2, 0.25) is 5.91 Å². The lowest BCUT2D eigenvalue weighted by atomic mass is 10.2. The first-order chi connectivity index (χ1) is 10.6. The number of H-pyrrole nitrogens is 1. The highest BCUT2D eigenvalue weighted by molar-refractivity contribution is 6.05. The van der Waals surface area contributed by atoms with E-state index in [1.54, 1.807) is 12.1 Å². The molecule has 0 saturated carbocycles. The van der Waals surface area contributed by atoms with Gasteiger partial charge in [-0.05, 0) is 5.56 Å². The fraction of sp³-hybridized carbons (Fsp3) is 0.143. The fourth-order valence-corrected chi connectivity index (χ4v) is 1.67. The van der Waals surface area contributed by atoms with E-state index in [1.165, 1.54) is 6.33 Å². The van der Waals surface area contributed by atoms with Crippen LogP contribution in [0.5, 0.6) is 0 Å². The van der Waals surface area contributed by atoms with Crippen LogP contribution in [0.3, 0.4) is 0 Å². The Bertz CT molecular complexity index is 681. The average Bonchev–Trinajstić information content (AvgIpc) is 2.94. The first kappa shape index (κ1) is 15.2. The molecule has 4 N–H and O–H groups in total. The van der Waals surface area contributed by atoms with Crippen LogP contribution < -0.4 is 11.1 Å². The van der Waals surface area contributed by atoms with Gasteiger partial charge in [-0.2, -0.15) is 0 Å². The largest absolute Gasteiger partial charge is 0.460 e. The predicted octanol–water partition coefficient (Wildman–Crippen LogP) is 0.581. The lowest BCUT2D eigenvalue weighted by molar-refractivity contribution is -0.146. The number of carbonyl (C=O) groups excluding carboxylic acids is 3. The van der Waals surface area contributed by atoms with Gasteiger partial charge in [0, 0.05) is 0 Å². The number of hydrogen-bond donors (Lipinski definition) is 3. The number of esters is 1. The Morgan fingerprint density at radius 1 is 1.23 bits per heavy atom. The second kappa shape index (κ2) is 7.02. The number of anilines is 1.